The van der Waals surface area contributed by atoms with E-state index in [0.717, 1.165) is 6.42 Å². The Morgan fingerprint density at radius 2 is 1.79 bits per heavy atom. The zero-order valence-corrected chi connectivity index (χ0v) is 12.7. The molecule has 0 saturated carbocycles. The Kier molecular flexibility index (Phi) is 5.35. The molecular formula is C19H26. The van der Waals surface area contributed by atoms with E-state index in [9.17, 15) is 0 Å². The molecule has 1 aromatic carbocycles. The third-order valence-corrected chi connectivity index (χ3v) is 4.11. The van der Waals surface area contributed by atoms with E-state index in [1.807, 2.05) is 6.08 Å². The van der Waals surface area contributed by atoms with E-state index in [-0.39, 0.29) is 5.41 Å². The van der Waals surface area contributed by atoms with Crippen LogP contribution < -0.4 is 0 Å². The lowest BCUT2D eigenvalue weighted by molar-refractivity contribution is 0.421. The number of rotatable bonds is 6. The molecule has 0 spiro atoms. The van der Waals surface area contributed by atoms with Gasteiger partial charge in [0.05, 0.1) is 0 Å². The Labute approximate surface area is 118 Å². The predicted octanol–water partition coefficient (Wildman–Crippen LogP) is 5.77. The van der Waals surface area contributed by atoms with Gasteiger partial charge in [-0.15, -0.1) is 6.58 Å². The normalized spacial score (nSPS) is 15.1. The number of hydrogen-bond acceptors (Lipinski definition) is 0. The molecule has 19 heavy (non-hydrogen) atoms. The Bertz CT molecular complexity index is 459. The standard InChI is InChI=1S/C19H26/c1-7-10-16(8-2)17-11-13-18(14-12-17)19(6,9-3)15(4)5/h8-15H,2-3,7H2,1,4-6H3/b16-10+. The summed E-state index contributed by atoms with van der Waals surface area (Å²) in [7, 11) is 0. The quantitative estimate of drug-likeness (QED) is 0.447. The van der Waals surface area contributed by atoms with Crippen LogP contribution in [0.3, 0.4) is 0 Å². The molecular weight excluding hydrogens is 228 g/mol. The first-order valence-corrected chi connectivity index (χ1v) is 7.06. The Hall–Kier alpha value is -1.56. The zero-order chi connectivity index (χ0) is 14.5. The molecule has 0 aromatic heterocycles. The maximum Gasteiger partial charge on any atom is 0.0124 e. The predicted molar refractivity (Wildman–Crippen MR) is 87.3 cm³/mol. The molecule has 0 amide bonds. The number of benzene rings is 1. The maximum atomic E-state index is 4.01. The van der Waals surface area contributed by atoms with Gasteiger partial charge in [-0.05, 0) is 29.0 Å². The first-order valence-electron chi connectivity index (χ1n) is 7.06. The van der Waals surface area contributed by atoms with Gasteiger partial charge in [-0.25, -0.2) is 0 Å². The second-order valence-corrected chi connectivity index (χ2v) is 5.49. The topological polar surface area (TPSA) is 0 Å². The fourth-order valence-electron chi connectivity index (χ4n) is 2.25. The first kappa shape index (κ1) is 15.5. The van der Waals surface area contributed by atoms with Gasteiger partial charge in [0.25, 0.3) is 0 Å². The molecule has 0 aliphatic heterocycles. The third kappa shape index (κ3) is 3.26. The molecule has 102 valence electrons. The molecule has 0 aliphatic carbocycles. The summed E-state index contributed by atoms with van der Waals surface area (Å²) in [5.74, 6) is 0.529. The van der Waals surface area contributed by atoms with Crippen LogP contribution in [-0.2, 0) is 5.41 Å². The van der Waals surface area contributed by atoms with Gasteiger partial charge in [0.2, 0.25) is 0 Å². The van der Waals surface area contributed by atoms with Crippen molar-refractivity contribution in [3.63, 3.8) is 0 Å². The van der Waals surface area contributed by atoms with E-state index in [1.54, 1.807) is 0 Å². The molecule has 0 radical (unpaired) electrons. The highest BCUT2D eigenvalue weighted by Gasteiger charge is 2.26. The molecule has 0 heteroatoms. The Morgan fingerprint density at radius 3 is 2.16 bits per heavy atom. The number of hydrogen-bond donors (Lipinski definition) is 0. The minimum Gasteiger partial charge on any atom is -0.102 e. The molecule has 1 atom stereocenters. The lowest BCUT2D eigenvalue weighted by atomic mass is 9.73. The van der Waals surface area contributed by atoms with Crippen molar-refractivity contribution >= 4 is 5.57 Å². The Morgan fingerprint density at radius 1 is 1.21 bits per heavy atom. The van der Waals surface area contributed by atoms with E-state index in [1.165, 1.54) is 16.7 Å². The highest BCUT2D eigenvalue weighted by Crippen LogP contribution is 2.33. The summed E-state index contributed by atoms with van der Waals surface area (Å²) in [5, 5.41) is 0. The van der Waals surface area contributed by atoms with E-state index >= 15 is 0 Å². The van der Waals surface area contributed by atoms with Crippen LogP contribution in [0.1, 0.15) is 45.2 Å². The fourth-order valence-corrected chi connectivity index (χ4v) is 2.25. The fraction of sp³-hybridized carbons (Fsp3) is 0.368. The van der Waals surface area contributed by atoms with Crippen LogP contribution in [0.2, 0.25) is 0 Å². The van der Waals surface area contributed by atoms with Gasteiger partial charge in [0, 0.05) is 5.41 Å². The van der Waals surface area contributed by atoms with Gasteiger partial charge < -0.3 is 0 Å². The highest BCUT2D eigenvalue weighted by atomic mass is 14.3. The summed E-state index contributed by atoms with van der Waals surface area (Å²) in [5.41, 5.74) is 3.79. The molecule has 0 nitrogen and oxygen atoms in total. The third-order valence-electron chi connectivity index (χ3n) is 4.11. The summed E-state index contributed by atoms with van der Waals surface area (Å²) in [4.78, 5) is 0. The first-order chi connectivity index (χ1) is 8.99. The lowest BCUT2D eigenvalue weighted by Gasteiger charge is -2.31. The van der Waals surface area contributed by atoms with Gasteiger partial charge in [-0.2, -0.15) is 0 Å². The molecule has 1 rings (SSSR count). The molecule has 1 unspecified atom stereocenters. The van der Waals surface area contributed by atoms with Crippen molar-refractivity contribution in [1.29, 1.82) is 0 Å². The summed E-state index contributed by atoms with van der Waals surface area (Å²) in [6.45, 7) is 16.8. The zero-order valence-electron chi connectivity index (χ0n) is 12.7. The van der Waals surface area contributed by atoms with E-state index in [0.29, 0.717) is 5.92 Å². The largest absolute Gasteiger partial charge is 0.102 e. The monoisotopic (exact) mass is 254 g/mol. The van der Waals surface area contributed by atoms with Crippen LogP contribution in [0.25, 0.3) is 5.57 Å². The minimum absolute atomic E-state index is 0.0291. The van der Waals surface area contributed by atoms with Crippen molar-refractivity contribution in [3.8, 4) is 0 Å². The van der Waals surface area contributed by atoms with E-state index in [2.05, 4.69) is 77.3 Å². The van der Waals surface area contributed by atoms with Crippen molar-refractivity contribution in [1.82, 2.24) is 0 Å². The van der Waals surface area contributed by atoms with E-state index in [4.69, 9.17) is 0 Å². The molecule has 0 N–H and O–H groups in total. The van der Waals surface area contributed by atoms with Crippen molar-refractivity contribution in [2.24, 2.45) is 5.92 Å². The van der Waals surface area contributed by atoms with Crippen molar-refractivity contribution < 1.29 is 0 Å². The van der Waals surface area contributed by atoms with Gasteiger partial charge in [0.1, 0.15) is 0 Å². The van der Waals surface area contributed by atoms with Gasteiger partial charge in [-0.1, -0.05) is 76.8 Å². The van der Waals surface area contributed by atoms with Crippen molar-refractivity contribution in [2.75, 3.05) is 0 Å². The molecule has 1 aromatic rings. The summed E-state index contributed by atoms with van der Waals surface area (Å²) >= 11 is 0. The molecule has 0 aliphatic rings. The van der Waals surface area contributed by atoms with Crippen molar-refractivity contribution in [3.05, 3.63) is 66.8 Å². The molecule has 0 fully saturated rings. The molecule has 0 bridgehead atoms. The maximum absolute atomic E-state index is 4.01. The summed E-state index contributed by atoms with van der Waals surface area (Å²) in [6, 6.07) is 8.79. The van der Waals surface area contributed by atoms with E-state index < -0.39 is 0 Å². The van der Waals surface area contributed by atoms with Crippen LogP contribution in [-0.4, -0.2) is 0 Å². The second-order valence-electron chi connectivity index (χ2n) is 5.49. The van der Waals surface area contributed by atoms with Crippen molar-refractivity contribution in [2.45, 2.75) is 39.5 Å². The Balaban J connectivity index is 3.15. The van der Waals surface area contributed by atoms with Crippen LogP contribution in [0, 0.1) is 5.92 Å². The summed E-state index contributed by atoms with van der Waals surface area (Å²) in [6.07, 6.45) is 7.22. The van der Waals surface area contributed by atoms with Crippen LogP contribution in [0.5, 0.6) is 0 Å². The second kappa shape index (κ2) is 6.56. The average molecular weight is 254 g/mol. The number of allylic oxidation sites excluding steroid dienone is 4. The smallest absolute Gasteiger partial charge is 0.0124 e. The van der Waals surface area contributed by atoms with Crippen LogP contribution in [0.15, 0.2) is 55.7 Å². The molecule has 0 saturated heterocycles. The SMILES string of the molecule is C=C/C(=C\CC)c1ccc(C(C)(C=C)C(C)C)cc1. The van der Waals surface area contributed by atoms with Gasteiger partial charge in [0.15, 0.2) is 0 Å². The average Bonchev–Trinajstić information content (AvgIpc) is 2.43. The van der Waals surface area contributed by atoms with Gasteiger partial charge >= 0.3 is 0 Å². The van der Waals surface area contributed by atoms with Crippen LogP contribution >= 0.6 is 0 Å². The minimum atomic E-state index is 0.0291. The molecule has 0 heterocycles. The lowest BCUT2D eigenvalue weighted by Crippen LogP contribution is -2.25. The van der Waals surface area contributed by atoms with Crippen LogP contribution in [0.4, 0.5) is 0 Å². The van der Waals surface area contributed by atoms with Gasteiger partial charge in [-0.3, -0.25) is 0 Å². The highest BCUT2D eigenvalue weighted by molar-refractivity contribution is 5.73. The summed E-state index contributed by atoms with van der Waals surface area (Å²) < 4.78 is 0.